The summed E-state index contributed by atoms with van der Waals surface area (Å²) in [6.07, 6.45) is 0. The first-order valence-corrected chi connectivity index (χ1v) is 8.68. The highest BCUT2D eigenvalue weighted by Crippen LogP contribution is 2.32. The molecule has 3 rings (SSSR count). The van der Waals surface area contributed by atoms with Crippen molar-refractivity contribution in [2.24, 2.45) is 0 Å². The lowest BCUT2D eigenvalue weighted by Gasteiger charge is -2.18. The summed E-state index contributed by atoms with van der Waals surface area (Å²) in [5.41, 5.74) is 0.598. The van der Waals surface area contributed by atoms with Crippen LogP contribution in [-0.2, 0) is 14.8 Å². The van der Waals surface area contributed by atoms with Crippen LogP contribution >= 0.6 is 11.6 Å². The SMILES string of the molecule is COc1ccc(NS(=O)(=O)c2ccc3c(c2)NC(=O)CO3)cc1Cl. The number of nitrogens with one attached hydrogen (secondary N) is 2. The maximum atomic E-state index is 12.5. The Kier molecular flexibility index (Phi) is 4.25. The van der Waals surface area contributed by atoms with Gasteiger partial charge in [-0.25, -0.2) is 8.42 Å². The number of carbonyl (C=O) groups is 1. The van der Waals surface area contributed by atoms with Gasteiger partial charge in [-0.15, -0.1) is 0 Å². The van der Waals surface area contributed by atoms with E-state index in [1.807, 2.05) is 0 Å². The Morgan fingerprint density at radius 1 is 1.25 bits per heavy atom. The molecule has 9 heteroatoms. The third kappa shape index (κ3) is 3.24. The largest absolute Gasteiger partial charge is 0.495 e. The minimum atomic E-state index is -3.86. The van der Waals surface area contributed by atoms with Gasteiger partial charge in [0.05, 0.1) is 28.4 Å². The Morgan fingerprint density at radius 2 is 2.04 bits per heavy atom. The zero-order valence-corrected chi connectivity index (χ0v) is 14.1. The third-order valence-electron chi connectivity index (χ3n) is 3.30. The summed E-state index contributed by atoms with van der Waals surface area (Å²) in [5.74, 6) is 0.515. The number of fused-ring (bicyclic) bond motifs is 1. The molecule has 2 aromatic rings. The molecule has 0 atom stereocenters. The molecule has 0 fully saturated rings. The molecule has 1 amide bonds. The Balaban J connectivity index is 1.89. The number of ether oxygens (including phenoxy) is 2. The van der Waals surface area contributed by atoms with E-state index in [0.29, 0.717) is 22.9 Å². The fourth-order valence-corrected chi connectivity index (χ4v) is 3.51. The molecular formula is C15H13ClN2O5S. The normalized spacial score (nSPS) is 13.5. The molecule has 1 heterocycles. The van der Waals surface area contributed by atoms with E-state index in [-0.39, 0.29) is 22.4 Å². The van der Waals surface area contributed by atoms with Crippen molar-refractivity contribution >= 4 is 38.9 Å². The molecule has 0 spiro atoms. The van der Waals surface area contributed by atoms with E-state index in [1.165, 1.54) is 37.4 Å². The first-order chi connectivity index (χ1) is 11.4. The van der Waals surface area contributed by atoms with Crippen LogP contribution in [0.5, 0.6) is 11.5 Å². The molecule has 2 N–H and O–H groups in total. The second-order valence-corrected chi connectivity index (χ2v) is 7.04. The van der Waals surface area contributed by atoms with Gasteiger partial charge in [-0.2, -0.15) is 0 Å². The lowest BCUT2D eigenvalue weighted by atomic mass is 10.2. The Hall–Kier alpha value is -2.45. The summed E-state index contributed by atoms with van der Waals surface area (Å²) in [5, 5.41) is 2.85. The number of amides is 1. The highest BCUT2D eigenvalue weighted by atomic mass is 35.5. The molecule has 1 aliphatic rings. The van der Waals surface area contributed by atoms with Gasteiger partial charge in [-0.05, 0) is 36.4 Å². The van der Waals surface area contributed by atoms with Gasteiger partial charge in [0.2, 0.25) is 0 Å². The van der Waals surface area contributed by atoms with Gasteiger partial charge >= 0.3 is 0 Å². The predicted octanol–water partition coefficient (Wildman–Crippen LogP) is 2.48. The van der Waals surface area contributed by atoms with E-state index in [2.05, 4.69) is 10.0 Å². The van der Waals surface area contributed by atoms with Crippen LogP contribution in [-0.4, -0.2) is 28.0 Å². The van der Waals surface area contributed by atoms with Gasteiger partial charge in [0.15, 0.2) is 6.61 Å². The van der Waals surface area contributed by atoms with Gasteiger partial charge in [-0.3, -0.25) is 9.52 Å². The van der Waals surface area contributed by atoms with Crippen molar-refractivity contribution in [2.45, 2.75) is 4.90 Å². The quantitative estimate of drug-likeness (QED) is 0.864. The zero-order chi connectivity index (χ0) is 17.3. The average Bonchev–Trinajstić information content (AvgIpc) is 2.54. The van der Waals surface area contributed by atoms with Crippen LogP contribution in [0.3, 0.4) is 0 Å². The monoisotopic (exact) mass is 368 g/mol. The number of methoxy groups -OCH3 is 1. The number of benzene rings is 2. The van der Waals surface area contributed by atoms with Gasteiger partial charge in [0.25, 0.3) is 15.9 Å². The third-order valence-corrected chi connectivity index (χ3v) is 4.97. The molecule has 0 saturated heterocycles. The van der Waals surface area contributed by atoms with Crippen LogP contribution in [0.25, 0.3) is 0 Å². The molecule has 0 bridgehead atoms. The van der Waals surface area contributed by atoms with Crippen molar-refractivity contribution in [3.05, 3.63) is 41.4 Å². The Labute approximate surface area is 143 Å². The number of hydrogen-bond acceptors (Lipinski definition) is 5. The van der Waals surface area contributed by atoms with Gasteiger partial charge < -0.3 is 14.8 Å². The van der Waals surface area contributed by atoms with E-state index >= 15 is 0 Å². The van der Waals surface area contributed by atoms with Crippen molar-refractivity contribution in [3.63, 3.8) is 0 Å². The van der Waals surface area contributed by atoms with Crippen LogP contribution in [0, 0.1) is 0 Å². The van der Waals surface area contributed by atoms with E-state index in [4.69, 9.17) is 21.1 Å². The number of hydrogen-bond donors (Lipinski definition) is 2. The number of anilines is 2. The molecule has 0 aliphatic carbocycles. The minimum Gasteiger partial charge on any atom is -0.495 e. The van der Waals surface area contributed by atoms with E-state index in [1.54, 1.807) is 6.07 Å². The van der Waals surface area contributed by atoms with Gasteiger partial charge in [0.1, 0.15) is 11.5 Å². The molecule has 0 saturated carbocycles. The average molecular weight is 369 g/mol. The summed E-state index contributed by atoms with van der Waals surface area (Å²) in [4.78, 5) is 11.3. The van der Waals surface area contributed by atoms with Gasteiger partial charge in [-0.1, -0.05) is 11.6 Å². The molecular weight excluding hydrogens is 356 g/mol. The molecule has 2 aromatic carbocycles. The minimum absolute atomic E-state index is 0.0148. The van der Waals surface area contributed by atoms with Crippen LogP contribution in [0.1, 0.15) is 0 Å². The zero-order valence-electron chi connectivity index (χ0n) is 12.5. The summed E-state index contributed by atoms with van der Waals surface area (Å²) in [6.45, 7) is -0.0955. The fraction of sp³-hybridized carbons (Fsp3) is 0.133. The van der Waals surface area contributed by atoms with Crippen molar-refractivity contribution in [3.8, 4) is 11.5 Å². The molecule has 24 heavy (non-hydrogen) atoms. The molecule has 0 radical (unpaired) electrons. The van der Waals surface area contributed by atoms with Gasteiger partial charge in [0, 0.05) is 0 Å². The molecule has 0 unspecified atom stereocenters. The second kappa shape index (κ2) is 6.21. The first kappa shape index (κ1) is 16.4. The lowest BCUT2D eigenvalue weighted by molar-refractivity contribution is -0.118. The summed E-state index contributed by atoms with van der Waals surface area (Å²) in [6, 6.07) is 8.75. The van der Waals surface area contributed by atoms with Crippen molar-refractivity contribution in [2.75, 3.05) is 23.8 Å². The lowest BCUT2D eigenvalue weighted by Crippen LogP contribution is -2.25. The number of halogens is 1. The highest BCUT2D eigenvalue weighted by molar-refractivity contribution is 7.92. The Morgan fingerprint density at radius 3 is 2.75 bits per heavy atom. The van der Waals surface area contributed by atoms with Crippen molar-refractivity contribution in [1.82, 2.24) is 0 Å². The summed E-state index contributed by atoms with van der Waals surface area (Å²) >= 11 is 5.99. The van der Waals surface area contributed by atoms with Crippen LogP contribution in [0.2, 0.25) is 5.02 Å². The topological polar surface area (TPSA) is 93.7 Å². The maximum Gasteiger partial charge on any atom is 0.262 e. The van der Waals surface area contributed by atoms with Crippen LogP contribution < -0.4 is 19.5 Å². The molecule has 7 nitrogen and oxygen atoms in total. The molecule has 0 aromatic heterocycles. The molecule has 126 valence electrons. The second-order valence-electron chi connectivity index (χ2n) is 4.95. The fourth-order valence-electron chi connectivity index (χ4n) is 2.17. The van der Waals surface area contributed by atoms with Crippen molar-refractivity contribution < 1.29 is 22.7 Å². The number of sulfonamides is 1. The summed E-state index contributed by atoms with van der Waals surface area (Å²) < 4.78 is 37.6. The molecule has 1 aliphatic heterocycles. The maximum absolute atomic E-state index is 12.5. The van der Waals surface area contributed by atoms with E-state index < -0.39 is 10.0 Å². The van der Waals surface area contributed by atoms with E-state index in [0.717, 1.165) is 0 Å². The van der Waals surface area contributed by atoms with Crippen LogP contribution in [0.15, 0.2) is 41.3 Å². The van der Waals surface area contributed by atoms with Crippen molar-refractivity contribution in [1.29, 1.82) is 0 Å². The highest BCUT2D eigenvalue weighted by Gasteiger charge is 2.21. The smallest absolute Gasteiger partial charge is 0.262 e. The predicted molar refractivity (Wildman–Crippen MR) is 89.4 cm³/mol. The van der Waals surface area contributed by atoms with Crippen LogP contribution in [0.4, 0.5) is 11.4 Å². The Bertz CT molecular complexity index is 914. The van der Waals surface area contributed by atoms with E-state index in [9.17, 15) is 13.2 Å². The number of rotatable bonds is 4. The first-order valence-electron chi connectivity index (χ1n) is 6.82. The summed E-state index contributed by atoms with van der Waals surface area (Å²) in [7, 11) is -2.39. The standard InChI is InChI=1S/C15H13ClN2O5S/c1-22-13-4-2-9(6-11(13)16)18-24(20,21)10-3-5-14-12(7-10)17-15(19)8-23-14/h2-7,18H,8H2,1H3,(H,17,19). The number of carbonyl (C=O) groups excluding carboxylic acids is 1.